The van der Waals surface area contributed by atoms with Gasteiger partial charge in [0.25, 0.3) is 0 Å². The van der Waals surface area contributed by atoms with Crippen LogP contribution < -0.4 is 0 Å². The summed E-state index contributed by atoms with van der Waals surface area (Å²) in [6, 6.07) is 0. The van der Waals surface area contributed by atoms with Crippen LogP contribution >= 0.6 is 31.9 Å². The summed E-state index contributed by atoms with van der Waals surface area (Å²) in [4.78, 5) is 0. The van der Waals surface area contributed by atoms with E-state index in [1.165, 1.54) is 0 Å². The zero-order valence-corrected chi connectivity index (χ0v) is 9.66. The highest BCUT2D eigenvalue weighted by Crippen LogP contribution is 2.59. The van der Waals surface area contributed by atoms with Crippen molar-refractivity contribution in [2.45, 2.75) is 20.8 Å². The Morgan fingerprint density at radius 1 is 1.40 bits per heavy atom. The molecule has 0 heterocycles. The zero-order chi connectivity index (χ0) is 7.94. The highest BCUT2D eigenvalue weighted by molar-refractivity contribution is 9.28. The summed E-state index contributed by atoms with van der Waals surface area (Å²) in [6.07, 6.45) is 2.24. The molecule has 0 nitrogen and oxygen atoms in total. The Bertz CT molecular complexity index is 166. The zero-order valence-electron chi connectivity index (χ0n) is 6.49. The van der Waals surface area contributed by atoms with Crippen LogP contribution in [-0.4, -0.2) is 0 Å². The minimum Gasteiger partial charge on any atom is -0.0614 e. The smallest absolute Gasteiger partial charge is 0.0567 e. The van der Waals surface area contributed by atoms with Crippen LogP contribution in [0, 0.1) is 17.3 Å². The largest absolute Gasteiger partial charge is 0.0614 e. The lowest BCUT2D eigenvalue weighted by molar-refractivity contribution is 0.570. The van der Waals surface area contributed by atoms with E-state index in [1.807, 2.05) is 0 Å². The fourth-order valence-corrected chi connectivity index (χ4v) is 2.00. The normalized spacial score (nSPS) is 35.3. The standard InChI is InChI=1S/C8H12Br2/c1-5-6(4-7(9)10)8(5,2)3/h4-6H,1-3H3. The molecular weight excluding hydrogens is 256 g/mol. The maximum Gasteiger partial charge on any atom is 0.0567 e. The van der Waals surface area contributed by atoms with Gasteiger partial charge in [0.05, 0.1) is 3.39 Å². The van der Waals surface area contributed by atoms with Crippen molar-refractivity contribution in [3.05, 3.63) is 9.47 Å². The van der Waals surface area contributed by atoms with E-state index in [0.29, 0.717) is 5.41 Å². The highest BCUT2D eigenvalue weighted by Gasteiger charge is 2.52. The minimum atomic E-state index is 0.521. The minimum absolute atomic E-state index is 0.521. The van der Waals surface area contributed by atoms with Crippen molar-refractivity contribution >= 4 is 31.9 Å². The maximum atomic E-state index is 3.37. The Morgan fingerprint density at radius 3 is 1.90 bits per heavy atom. The van der Waals surface area contributed by atoms with Crippen LogP contribution in [0.4, 0.5) is 0 Å². The van der Waals surface area contributed by atoms with E-state index < -0.39 is 0 Å². The third-order valence-corrected chi connectivity index (χ3v) is 3.30. The molecule has 1 aliphatic rings. The molecule has 1 rings (SSSR count). The van der Waals surface area contributed by atoms with Gasteiger partial charge in [-0.2, -0.15) is 0 Å². The van der Waals surface area contributed by atoms with Gasteiger partial charge in [-0.25, -0.2) is 0 Å². The molecule has 1 saturated carbocycles. The molecule has 0 radical (unpaired) electrons. The van der Waals surface area contributed by atoms with Gasteiger partial charge in [0.15, 0.2) is 0 Å². The van der Waals surface area contributed by atoms with Gasteiger partial charge >= 0.3 is 0 Å². The van der Waals surface area contributed by atoms with Crippen LogP contribution in [0.3, 0.4) is 0 Å². The molecule has 0 saturated heterocycles. The third kappa shape index (κ3) is 1.48. The number of halogens is 2. The van der Waals surface area contributed by atoms with E-state index >= 15 is 0 Å². The van der Waals surface area contributed by atoms with Gasteiger partial charge in [-0.05, 0) is 49.1 Å². The predicted molar refractivity (Wildman–Crippen MR) is 52.4 cm³/mol. The van der Waals surface area contributed by atoms with Gasteiger partial charge in [0.2, 0.25) is 0 Å². The summed E-state index contributed by atoms with van der Waals surface area (Å²) in [5.41, 5.74) is 0.521. The molecule has 0 aromatic heterocycles. The van der Waals surface area contributed by atoms with Crippen molar-refractivity contribution in [3.8, 4) is 0 Å². The Labute approximate surface area is 79.3 Å². The van der Waals surface area contributed by atoms with Crippen molar-refractivity contribution in [1.29, 1.82) is 0 Å². The molecule has 2 atom stereocenters. The third-order valence-electron chi connectivity index (χ3n) is 2.77. The topological polar surface area (TPSA) is 0 Å². The SMILES string of the molecule is CC1C(C=C(Br)Br)C1(C)C. The molecule has 1 aliphatic carbocycles. The molecule has 0 aromatic carbocycles. The maximum absolute atomic E-state index is 3.37. The lowest BCUT2D eigenvalue weighted by Gasteiger charge is -1.96. The molecule has 2 heteroatoms. The van der Waals surface area contributed by atoms with Crippen LogP contribution in [0.2, 0.25) is 0 Å². The van der Waals surface area contributed by atoms with Gasteiger partial charge in [-0.3, -0.25) is 0 Å². The van der Waals surface area contributed by atoms with Gasteiger partial charge in [-0.1, -0.05) is 26.8 Å². The molecule has 0 aromatic rings. The van der Waals surface area contributed by atoms with Gasteiger partial charge in [-0.15, -0.1) is 0 Å². The van der Waals surface area contributed by atoms with Gasteiger partial charge < -0.3 is 0 Å². The summed E-state index contributed by atoms with van der Waals surface area (Å²) in [6.45, 7) is 6.91. The Morgan fingerprint density at radius 2 is 1.80 bits per heavy atom. The fraction of sp³-hybridized carbons (Fsp3) is 0.750. The predicted octanol–water partition coefficient (Wildman–Crippen LogP) is 3.91. The van der Waals surface area contributed by atoms with E-state index in [9.17, 15) is 0 Å². The van der Waals surface area contributed by atoms with Crippen LogP contribution in [0.1, 0.15) is 20.8 Å². The first kappa shape index (κ1) is 8.79. The van der Waals surface area contributed by atoms with E-state index in [2.05, 4.69) is 58.7 Å². The van der Waals surface area contributed by atoms with E-state index in [4.69, 9.17) is 0 Å². The van der Waals surface area contributed by atoms with Gasteiger partial charge in [0, 0.05) is 0 Å². The van der Waals surface area contributed by atoms with Crippen molar-refractivity contribution in [2.75, 3.05) is 0 Å². The summed E-state index contributed by atoms with van der Waals surface area (Å²) in [7, 11) is 0. The molecule has 2 unspecified atom stereocenters. The van der Waals surface area contributed by atoms with Crippen LogP contribution in [0.25, 0.3) is 0 Å². The van der Waals surface area contributed by atoms with E-state index in [1.54, 1.807) is 0 Å². The lowest BCUT2D eigenvalue weighted by Crippen LogP contribution is -1.86. The summed E-state index contributed by atoms with van der Waals surface area (Å²) >= 11 is 6.74. The second-order valence-electron chi connectivity index (χ2n) is 3.59. The number of hydrogen-bond acceptors (Lipinski definition) is 0. The fourth-order valence-electron chi connectivity index (χ4n) is 1.44. The average Bonchev–Trinajstić information content (AvgIpc) is 2.17. The Balaban J connectivity index is 2.58. The molecule has 1 fully saturated rings. The van der Waals surface area contributed by atoms with Crippen molar-refractivity contribution in [1.82, 2.24) is 0 Å². The monoisotopic (exact) mass is 266 g/mol. The molecule has 0 spiro atoms. The average molecular weight is 268 g/mol. The number of hydrogen-bond donors (Lipinski definition) is 0. The molecule has 58 valence electrons. The first-order chi connectivity index (χ1) is 4.46. The Kier molecular flexibility index (Phi) is 2.31. The quantitative estimate of drug-likeness (QED) is 0.676. The Hall–Kier alpha value is 0.700. The highest BCUT2D eigenvalue weighted by atomic mass is 79.9. The first-order valence-corrected chi connectivity index (χ1v) is 5.07. The lowest BCUT2D eigenvalue weighted by atomic mass is 10.1. The number of rotatable bonds is 1. The second kappa shape index (κ2) is 2.63. The summed E-state index contributed by atoms with van der Waals surface area (Å²) < 4.78 is 1.09. The summed E-state index contributed by atoms with van der Waals surface area (Å²) in [5, 5.41) is 0. The van der Waals surface area contributed by atoms with E-state index in [-0.39, 0.29) is 0 Å². The van der Waals surface area contributed by atoms with E-state index in [0.717, 1.165) is 15.2 Å². The number of allylic oxidation sites excluding steroid dienone is 1. The van der Waals surface area contributed by atoms with Crippen LogP contribution in [-0.2, 0) is 0 Å². The summed E-state index contributed by atoms with van der Waals surface area (Å²) in [5.74, 6) is 1.58. The van der Waals surface area contributed by atoms with Gasteiger partial charge in [0.1, 0.15) is 0 Å². The van der Waals surface area contributed by atoms with Crippen molar-refractivity contribution < 1.29 is 0 Å². The molecule has 0 N–H and O–H groups in total. The van der Waals surface area contributed by atoms with Crippen LogP contribution in [0.5, 0.6) is 0 Å². The molecule has 0 bridgehead atoms. The van der Waals surface area contributed by atoms with Crippen molar-refractivity contribution in [2.24, 2.45) is 17.3 Å². The van der Waals surface area contributed by atoms with Crippen molar-refractivity contribution in [3.63, 3.8) is 0 Å². The molecular formula is C8H12Br2. The second-order valence-corrected chi connectivity index (χ2v) is 6.36. The molecule has 10 heavy (non-hydrogen) atoms. The first-order valence-electron chi connectivity index (χ1n) is 3.49. The molecule has 0 amide bonds. The van der Waals surface area contributed by atoms with Crippen LogP contribution in [0.15, 0.2) is 9.47 Å². The molecule has 0 aliphatic heterocycles.